The average Bonchev–Trinajstić information content (AvgIpc) is 2.47. The van der Waals surface area contributed by atoms with Gasteiger partial charge < -0.3 is 36.2 Å². The molecule has 1 aliphatic heterocycles. The molecular formula is C14H28N2O6. The molecule has 0 saturated carbocycles. The van der Waals surface area contributed by atoms with Gasteiger partial charge in [-0.2, -0.15) is 0 Å². The van der Waals surface area contributed by atoms with Crippen LogP contribution in [-0.2, 0) is 9.53 Å². The van der Waals surface area contributed by atoms with Gasteiger partial charge in [0.15, 0.2) is 5.79 Å². The van der Waals surface area contributed by atoms with Crippen molar-refractivity contribution in [3.8, 4) is 0 Å². The van der Waals surface area contributed by atoms with Crippen molar-refractivity contribution < 1.29 is 30.0 Å². The van der Waals surface area contributed by atoms with Crippen LogP contribution in [0.4, 0.5) is 0 Å². The SMILES string of the molecule is CC(=O)N[C@H]1[C@@H](O)[C@H](O)[C@@H](CO)O[C@@]1(O)CCCCCCN. The molecule has 1 heterocycles. The first kappa shape index (κ1) is 19.3. The van der Waals surface area contributed by atoms with Crippen LogP contribution < -0.4 is 11.1 Å². The number of amides is 1. The lowest BCUT2D eigenvalue weighted by molar-refractivity contribution is -0.321. The number of nitrogens with two attached hydrogens (primary N) is 1. The molecule has 1 rings (SSSR count). The summed E-state index contributed by atoms with van der Waals surface area (Å²) in [5.74, 6) is -2.29. The summed E-state index contributed by atoms with van der Waals surface area (Å²) in [7, 11) is 0. The molecule has 1 aliphatic rings. The van der Waals surface area contributed by atoms with Crippen LogP contribution in [0.2, 0.25) is 0 Å². The minimum atomic E-state index is -1.83. The van der Waals surface area contributed by atoms with E-state index in [9.17, 15) is 25.2 Å². The van der Waals surface area contributed by atoms with Gasteiger partial charge in [0.25, 0.3) is 0 Å². The van der Waals surface area contributed by atoms with Crippen LogP contribution >= 0.6 is 0 Å². The highest BCUT2D eigenvalue weighted by Crippen LogP contribution is 2.32. The fourth-order valence-corrected chi connectivity index (χ4v) is 2.74. The van der Waals surface area contributed by atoms with Gasteiger partial charge in [-0.3, -0.25) is 4.79 Å². The topological polar surface area (TPSA) is 145 Å². The molecule has 0 aromatic heterocycles. The molecule has 0 spiro atoms. The third-order valence-electron chi connectivity index (χ3n) is 3.94. The van der Waals surface area contributed by atoms with Crippen LogP contribution in [0.5, 0.6) is 0 Å². The van der Waals surface area contributed by atoms with Crippen LogP contribution in [0.25, 0.3) is 0 Å². The molecule has 8 heteroatoms. The van der Waals surface area contributed by atoms with E-state index in [-0.39, 0.29) is 6.42 Å². The number of rotatable bonds is 8. The molecule has 8 nitrogen and oxygen atoms in total. The van der Waals surface area contributed by atoms with Gasteiger partial charge in [0.2, 0.25) is 5.91 Å². The maximum Gasteiger partial charge on any atom is 0.217 e. The van der Waals surface area contributed by atoms with Crippen molar-refractivity contribution in [3.05, 3.63) is 0 Å². The van der Waals surface area contributed by atoms with Crippen LogP contribution in [0, 0.1) is 0 Å². The van der Waals surface area contributed by atoms with Crippen molar-refractivity contribution in [3.63, 3.8) is 0 Å². The fraction of sp³-hybridized carbons (Fsp3) is 0.929. The van der Waals surface area contributed by atoms with Crippen LogP contribution in [0.1, 0.15) is 39.0 Å². The highest BCUT2D eigenvalue weighted by atomic mass is 16.6. The minimum absolute atomic E-state index is 0.169. The van der Waals surface area contributed by atoms with Gasteiger partial charge in [0, 0.05) is 13.3 Å². The zero-order valence-corrected chi connectivity index (χ0v) is 12.9. The highest BCUT2D eigenvalue weighted by Gasteiger charge is 2.53. The number of ether oxygens (including phenoxy) is 1. The molecular weight excluding hydrogens is 292 g/mol. The van der Waals surface area contributed by atoms with Gasteiger partial charge in [-0.05, 0) is 19.4 Å². The largest absolute Gasteiger partial charge is 0.394 e. The van der Waals surface area contributed by atoms with E-state index in [1.807, 2.05) is 0 Å². The van der Waals surface area contributed by atoms with Crippen LogP contribution in [-0.4, -0.2) is 69.6 Å². The lowest BCUT2D eigenvalue weighted by atomic mass is 9.87. The Balaban J connectivity index is 2.76. The lowest BCUT2D eigenvalue weighted by Gasteiger charge is -2.47. The zero-order valence-electron chi connectivity index (χ0n) is 12.9. The molecule has 0 bridgehead atoms. The normalized spacial score (nSPS) is 35.4. The number of aliphatic hydroxyl groups excluding tert-OH is 3. The molecule has 5 atom stereocenters. The molecule has 1 amide bonds. The summed E-state index contributed by atoms with van der Waals surface area (Å²) in [6, 6.07) is -1.16. The second-order valence-corrected chi connectivity index (χ2v) is 5.80. The van der Waals surface area contributed by atoms with Crippen LogP contribution in [0.3, 0.4) is 0 Å². The van der Waals surface area contributed by atoms with Crippen molar-refractivity contribution in [1.82, 2.24) is 5.32 Å². The maximum absolute atomic E-state index is 11.3. The summed E-state index contributed by atoms with van der Waals surface area (Å²) >= 11 is 0. The number of carbonyl (C=O) groups excluding carboxylic acids is 1. The number of aliphatic hydroxyl groups is 4. The third-order valence-corrected chi connectivity index (χ3v) is 3.94. The molecule has 0 aromatic carbocycles. The zero-order chi connectivity index (χ0) is 16.8. The molecule has 1 saturated heterocycles. The third kappa shape index (κ3) is 4.87. The summed E-state index contributed by atoms with van der Waals surface area (Å²) in [6.45, 7) is 1.31. The Morgan fingerprint density at radius 3 is 2.41 bits per heavy atom. The first-order valence-corrected chi connectivity index (χ1v) is 7.70. The van der Waals surface area contributed by atoms with Gasteiger partial charge >= 0.3 is 0 Å². The number of unbranched alkanes of at least 4 members (excludes halogenated alkanes) is 3. The number of hydrogen-bond donors (Lipinski definition) is 6. The minimum Gasteiger partial charge on any atom is -0.394 e. The Morgan fingerprint density at radius 2 is 1.86 bits per heavy atom. The Bertz CT molecular complexity index is 356. The smallest absolute Gasteiger partial charge is 0.217 e. The molecule has 7 N–H and O–H groups in total. The van der Waals surface area contributed by atoms with Gasteiger partial charge in [0.05, 0.1) is 6.61 Å². The summed E-state index contributed by atoms with van der Waals surface area (Å²) < 4.78 is 5.38. The monoisotopic (exact) mass is 320 g/mol. The molecule has 22 heavy (non-hydrogen) atoms. The van der Waals surface area contributed by atoms with Crippen molar-refractivity contribution in [2.75, 3.05) is 13.2 Å². The summed E-state index contributed by atoms with van der Waals surface area (Å²) in [5, 5.41) is 42.3. The quantitative estimate of drug-likeness (QED) is 0.289. The lowest BCUT2D eigenvalue weighted by Crippen LogP contribution is -2.70. The van der Waals surface area contributed by atoms with E-state index in [4.69, 9.17) is 10.5 Å². The van der Waals surface area contributed by atoms with Crippen molar-refractivity contribution in [2.24, 2.45) is 5.73 Å². The Morgan fingerprint density at radius 1 is 1.23 bits per heavy atom. The second kappa shape index (κ2) is 8.76. The van der Waals surface area contributed by atoms with Gasteiger partial charge in [-0.1, -0.05) is 12.8 Å². The summed E-state index contributed by atoms with van der Waals surface area (Å²) in [6.07, 6.45) is -0.535. The van der Waals surface area contributed by atoms with Crippen molar-refractivity contribution in [2.45, 2.75) is 69.2 Å². The number of carbonyl (C=O) groups is 1. The molecule has 1 fully saturated rings. The van der Waals surface area contributed by atoms with Gasteiger partial charge in [-0.15, -0.1) is 0 Å². The molecule has 0 radical (unpaired) electrons. The Labute approximate surface area is 130 Å². The van der Waals surface area contributed by atoms with Gasteiger partial charge in [-0.25, -0.2) is 0 Å². The van der Waals surface area contributed by atoms with E-state index in [0.29, 0.717) is 13.0 Å². The summed E-state index contributed by atoms with van der Waals surface area (Å²) in [5.41, 5.74) is 5.42. The molecule has 0 aliphatic carbocycles. The molecule has 130 valence electrons. The molecule has 0 unspecified atom stereocenters. The van der Waals surface area contributed by atoms with E-state index < -0.39 is 42.7 Å². The molecule has 0 aromatic rings. The van der Waals surface area contributed by atoms with E-state index in [2.05, 4.69) is 5.32 Å². The van der Waals surface area contributed by atoms with E-state index in [1.165, 1.54) is 6.92 Å². The maximum atomic E-state index is 11.3. The Hall–Kier alpha value is -0.770. The van der Waals surface area contributed by atoms with Crippen LogP contribution in [0.15, 0.2) is 0 Å². The van der Waals surface area contributed by atoms with Gasteiger partial charge in [0.1, 0.15) is 24.4 Å². The van der Waals surface area contributed by atoms with E-state index >= 15 is 0 Å². The predicted molar refractivity (Wildman–Crippen MR) is 78.7 cm³/mol. The average molecular weight is 320 g/mol. The second-order valence-electron chi connectivity index (χ2n) is 5.80. The predicted octanol–water partition coefficient (Wildman–Crippen LogP) is -1.80. The number of hydrogen-bond acceptors (Lipinski definition) is 7. The number of nitrogens with one attached hydrogen (secondary N) is 1. The fourth-order valence-electron chi connectivity index (χ4n) is 2.74. The first-order valence-electron chi connectivity index (χ1n) is 7.70. The van der Waals surface area contributed by atoms with Crippen molar-refractivity contribution >= 4 is 5.91 Å². The van der Waals surface area contributed by atoms with Crippen molar-refractivity contribution in [1.29, 1.82) is 0 Å². The summed E-state index contributed by atoms with van der Waals surface area (Å²) in [4.78, 5) is 11.3. The standard InChI is InChI=1S/C14H28N2O6/c1-9(18)16-13-12(20)11(19)10(8-17)22-14(13,21)6-4-2-3-5-7-15/h10-13,17,19-21H,2-8,15H2,1H3,(H,16,18)/t10-,11-,12+,13+,14+/m1/s1. The highest BCUT2D eigenvalue weighted by molar-refractivity contribution is 5.73. The van der Waals surface area contributed by atoms with E-state index in [1.54, 1.807) is 0 Å². The van der Waals surface area contributed by atoms with E-state index in [0.717, 1.165) is 19.3 Å². The Kier molecular flexibility index (Phi) is 7.67. The first-order chi connectivity index (χ1) is 10.4.